The van der Waals surface area contributed by atoms with Crippen LogP contribution in [-0.2, 0) is 11.3 Å². The molecule has 0 atom stereocenters. The lowest BCUT2D eigenvalue weighted by atomic mass is 10.2. The van der Waals surface area contributed by atoms with Crippen LogP contribution in [0.3, 0.4) is 0 Å². The molecule has 1 heterocycles. The normalized spacial score (nSPS) is 10.2. The Kier molecular flexibility index (Phi) is 6.46. The molecule has 0 fully saturated rings. The fraction of sp³-hybridized carbons (Fsp3) is 0.182. The Labute approximate surface area is 164 Å². The maximum absolute atomic E-state index is 12.3. The number of rotatable bonds is 8. The summed E-state index contributed by atoms with van der Waals surface area (Å²) in [7, 11) is 3.37. The first kappa shape index (κ1) is 19.2. The van der Waals surface area contributed by atoms with Crippen LogP contribution in [0.4, 0.5) is 0 Å². The van der Waals surface area contributed by atoms with Crippen molar-refractivity contribution in [3.05, 3.63) is 78.5 Å². The van der Waals surface area contributed by atoms with Crippen LogP contribution in [0.2, 0.25) is 0 Å². The van der Waals surface area contributed by atoms with Gasteiger partial charge in [-0.2, -0.15) is 0 Å². The van der Waals surface area contributed by atoms with Crippen molar-refractivity contribution in [1.82, 2.24) is 9.88 Å². The molecule has 3 aromatic rings. The number of methoxy groups -OCH3 is 1. The highest BCUT2D eigenvalue weighted by molar-refractivity contribution is 5.77. The number of hydrogen-bond acceptors (Lipinski definition) is 5. The third-order valence-electron chi connectivity index (χ3n) is 4.05. The largest absolute Gasteiger partial charge is 0.497 e. The van der Waals surface area contributed by atoms with Crippen LogP contribution in [0.25, 0.3) is 0 Å². The monoisotopic (exact) mass is 378 g/mol. The molecule has 0 N–H and O–H groups in total. The second-order valence-corrected chi connectivity index (χ2v) is 6.13. The minimum Gasteiger partial charge on any atom is -0.497 e. The van der Waals surface area contributed by atoms with Gasteiger partial charge in [-0.3, -0.25) is 4.79 Å². The number of ether oxygens (including phenoxy) is 3. The Morgan fingerprint density at radius 1 is 0.929 bits per heavy atom. The number of amides is 1. The highest BCUT2D eigenvalue weighted by Gasteiger charge is 2.10. The average Bonchev–Trinajstić information content (AvgIpc) is 2.74. The zero-order valence-electron chi connectivity index (χ0n) is 15.9. The van der Waals surface area contributed by atoms with Crippen LogP contribution in [-0.4, -0.2) is 36.6 Å². The molecule has 28 heavy (non-hydrogen) atoms. The number of likely N-dealkylation sites (N-methyl/N-ethyl adjacent to an activating group) is 1. The number of pyridine rings is 1. The SMILES string of the molecule is COc1ccc(CN(C)C(=O)COc2ccc(Oc3ccccn3)cc2)cc1. The molecule has 1 amide bonds. The first-order valence-electron chi connectivity index (χ1n) is 8.82. The summed E-state index contributed by atoms with van der Waals surface area (Å²) in [5.41, 5.74) is 1.02. The van der Waals surface area contributed by atoms with E-state index < -0.39 is 0 Å². The molecule has 0 radical (unpaired) electrons. The van der Waals surface area contributed by atoms with Gasteiger partial charge in [0.15, 0.2) is 6.61 Å². The van der Waals surface area contributed by atoms with Gasteiger partial charge in [0.05, 0.1) is 7.11 Å². The fourth-order valence-corrected chi connectivity index (χ4v) is 2.48. The third-order valence-corrected chi connectivity index (χ3v) is 4.05. The van der Waals surface area contributed by atoms with Crippen LogP contribution in [0, 0.1) is 0 Å². The first-order valence-corrected chi connectivity index (χ1v) is 8.82. The maximum atomic E-state index is 12.3. The van der Waals surface area contributed by atoms with Gasteiger partial charge in [0.25, 0.3) is 5.91 Å². The van der Waals surface area contributed by atoms with Gasteiger partial charge in [-0.05, 0) is 48.0 Å². The van der Waals surface area contributed by atoms with E-state index in [1.807, 2.05) is 36.4 Å². The van der Waals surface area contributed by atoms with Gasteiger partial charge in [0.1, 0.15) is 17.2 Å². The van der Waals surface area contributed by atoms with Crippen molar-refractivity contribution in [2.45, 2.75) is 6.54 Å². The number of benzene rings is 2. The predicted octanol–water partition coefficient (Wildman–Crippen LogP) is 3.92. The predicted molar refractivity (Wildman–Crippen MR) is 106 cm³/mol. The quantitative estimate of drug-likeness (QED) is 0.595. The molecule has 0 bridgehead atoms. The number of nitrogens with zero attached hydrogens (tertiary/aromatic N) is 2. The Hall–Kier alpha value is -3.54. The zero-order valence-corrected chi connectivity index (χ0v) is 15.9. The lowest BCUT2D eigenvalue weighted by Gasteiger charge is -2.18. The summed E-state index contributed by atoms with van der Waals surface area (Å²) in [6, 6.07) is 20.1. The molecule has 6 nitrogen and oxygen atoms in total. The topological polar surface area (TPSA) is 60.9 Å². The summed E-state index contributed by atoms with van der Waals surface area (Å²) in [6.07, 6.45) is 1.67. The third kappa shape index (κ3) is 5.48. The van der Waals surface area contributed by atoms with Crippen molar-refractivity contribution in [3.8, 4) is 23.1 Å². The molecule has 1 aromatic heterocycles. The maximum Gasteiger partial charge on any atom is 0.260 e. The number of hydrogen-bond donors (Lipinski definition) is 0. The van der Waals surface area contributed by atoms with E-state index in [2.05, 4.69) is 4.98 Å². The molecule has 0 saturated carbocycles. The Morgan fingerprint density at radius 3 is 2.25 bits per heavy atom. The molecule has 0 spiro atoms. The van der Waals surface area contributed by atoms with Crippen molar-refractivity contribution >= 4 is 5.91 Å². The van der Waals surface area contributed by atoms with Crippen molar-refractivity contribution in [3.63, 3.8) is 0 Å². The second kappa shape index (κ2) is 9.41. The Morgan fingerprint density at radius 2 is 1.61 bits per heavy atom. The summed E-state index contributed by atoms with van der Waals surface area (Å²) < 4.78 is 16.4. The minimum absolute atomic E-state index is 0.0346. The van der Waals surface area contributed by atoms with E-state index in [0.717, 1.165) is 11.3 Å². The van der Waals surface area contributed by atoms with E-state index in [1.165, 1.54) is 0 Å². The first-order chi connectivity index (χ1) is 13.6. The van der Waals surface area contributed by atoms with Crippen LogP contribution in [0.5, 0.6) is 23.1 Å². The number of carbonyl (C=O) groups excluding carboxylic acids is 1. The Balaban J connectivity index is 1.48. The molecule has 0 aliphatic heterocycles. The molecular weight excluding hydrogens is 356 g/mol. The fourth-order valence-electron chi connectivity index (χ4n) is 2.48. The molecule has 144 valence electrons. The lowest BCUT2D eigenvalue weighted by molar-refractivity contribution is -0.132. The molecule has 0 aliphatic carbocycles. The van der Waals surface area contributed by atoms with E-state index in [0.29, 0.717) is 23.9 Å². The molecule has 0 aliphatic rings. The van der Waals surface area contributed by atoms with Crippen molar-refractivity contribution in [2.75, 3.05) is 20.8 Å². The number of aromatic nitrogens is 1. The smallest absolute Gasteiger partial charge is 0.260 e. The summed E-state index contributed by atoms with van der Waals surface area (Å²) >= 11 is 0. The lowest BCUT2D eigenvalue weighted by Crippen LogP contribution is -2.30. The summed E-state index contributed by atoms with van der Waals surface area (Å²) in [4.78, 5) is 18.0. The van der Waals surface area contributed by atoms with Crippen molar-refractivity contribution in [1.29, 1.82) is 0 Å². The molecule has 2 aromatic carbocycles. The van der Waals surface area contributed by atoms with Crippen LogP contribution >= 0.6 is 0 Å². The van der Waals surface area contributed by atoms with Gasteiger partial charge in [0, 0.05) is 25.9 Å². The Bertz CT molecular complexity index is 881. The molecule has 0 unspecified atom stereocenters. The highest BCUT2D eigenvalue weighted by Crippen LogP contribution is 2.22. The summed E-state index contributed by atoms with van der Waals surface area (Å²) in [5, 5.41) is 0. The molecular formula is C22H22N2O4. The molecule has 3 rings (SSSR count). The van der Waals surface area contributed by atoms with Crippen LogP contribution in [0.1, 0.15) is 5.56 Å². The van der Waals surface area contributed by atoms with E-state index >= 15 is 0 Å². The van der Waals surface area contributed by atoms with E-state index in [4.69, 9.17) is 14.2 Å². The molecule has 6 heteroatoms. The van der Waals surface area contributed by atoms with Gasteiger partial charge in [-0.25, -0.2) is 4.98 Å². The minimum atomic E-state index is -0.107. The van der Waals surface area contributed by atoms with Crippen molar-refractivity contribution < 1.29 is 19.0 Å². The van der Waals surface area contributed by atoms with Crippen molar-refractivity contribution in [2.24, 2.45) is 0 Å². The van der Waals surface area contributed by atoms with E-state index in [1.54, 1.807) is 55.6 Å². The van der Waals surface area contributed by atoms with Gasteiger partial charge in [-0.1, -0.05) is 18.2 Å². The second-order valence-electron chi connectivity index (χ2n) is 6.13. The van der Waals surface area contributed by atoms with Crippen LogP contribution < -0.4 is 14.2 Å². The summed E-state index contributed by atoms with van der Waals surface area (Å²) in [6.45, 7) is 0.468. The van der Waals surface area contributed by atoms with E-state index in [9.17, 15) is 4.79 Å². The average molecular weight is 378 g/mol. The van der Waals surface area contributed by atoms with Gasteiger partial charge < -0.3 is 19.1 Å². The molecule has 0 saturated heterocycles. The summed E-state index contributed by atoms with van der Waals surface area (Å²) in [5.74, 6) is 2.45. The van der Waals surface area contributed by atoms with Gasteiger partial charge in [0.2, 0.25) is 5.88 Å². The number of carbonyl (C=O) groups is 1. The van der Waals surface area contributed by atoms with Gasteiger partial charge in [-0.15, -0.1) is 0 Å². The van der Waals surface area contributed by atoms with Crippen LogP contribution in [0.15, 0.2) is 72.9 Å². The standard InChI is InChI=1S/C22H22N2O4/c1-24(15-17-6-8-18(26-2)9-7-17)22(25)16-27-19-10-12-20(13-11-19)28-21-5-3-4-14-23-21/h3-14H,15-16H2,1-2H3. The highest BCUT2D eigenvalue weighted by atomic mass is 16.5. The van der Waals surface area contributed by atoms with E-state index in [-0.39, 0.29) is 12.5 Å². The zero-order chi connectivity index (χ0) is 19.8. The van der Waals surface area contributed by atoms with Gasteiger partial charge >= 0.3 is 0 Å².